The van der Waals surface area contributed by atoms with E-state index in [2.05, 4.69) is 36.0 Å². The number of likely N-dealkylation sites (tertiary alicyclic amines) is 1. The van der Waals surface area contributed by atoms with E-state index < -0.39 is 0 Å². The van der Waals surface area contributed by atoms with E-state index in [1.165, 1.54) is 6.26 Å². The number of furan rings is 1. The molecule has 1 saturated heterocycles. The molecule has 4 heterocycles. The molecule has 0 unspecified atom stereocenters. The summed E-state index contributed by atoms with van der Waals surface area (Å²) in [5, 5.41) is 12.0. The second kappa shape index (κ2) is 7.25. The van der Waals surface area contributed by atoms with Gasteiger partial charge in [-0.2, -0.15) is 0 Å². The molecule has 0 saturated carbocycles. The van der Waals surface area contributed by atoms with Crippen LogP contribution in [0.15, 0.2) is 21.2 Å². The van der Waals surface area contributed by atoms with Gasteiger partial charge in [-0.1, -0.05) is 0 Å². The minimum atomic E-state index is -0.0483. The molecule has 7 nitrogen and oxygen atoms in total. The third-order valence-corrected chi connectivity index (χ3v) is 5.23. The predicted octanol–water partition coefficient (Wildman–Crippen LogP) is 2.18. The summed E-state index contributed by atoms with van der Waals surface area (Å²) in [4.78, 5) is 14.3. The lowest BCUT2D eigenvalue weighted by atomic mass is 9.95. The van der Waals surface area contributed by atoms with Crippen molar-refractivity contribution in [1.82, 2.24) is 25.0 Å². The van der Waals surface area contributed by atoms with Crippen LogP contribution in [0.2, 0.25) is 0 Å². The molecular weight excluding hydrogens is 398 g/mol. The van der Waals surface area contributed by atoms with E-state index in [4.69, 9.17) is 4.42 Å². The fourth-order valence-electron chi connectivity index (χ4n) is 3.35. The molecular formula is C15H19BrClN5O2. The van der Waals surface area contributed by atoms with Gasteiger partial charge in [0.05, 0.1) is 17.3 Å². The van der Waals surface area contributed by atoms with Crippen LogP contribution in [0, 0.1) is 0 Å². The van der Waals surface area contributed by atoms with Gasteiger partial charge in [0.2, 0.25) is 5.76 Å². The smallest absolute Gasteiger partial charge is 0.290 e. The van der Waals surface area contributed by atoms with E-state index in [-0.39, 0.29) is 18.3 Å². The summed E-state index contributed by atoms with van der Waals surface area (Å²) in [6, 6.07) is 1.75. The molecule has 0 atom stereocenters. The molecule has 130 valence electrons. The Morgan fingerprint density at radius 2 is 2.08 bits per heavy atom. The summed E-state index contributed by atoms with van der Waals surface area (Å²) >= 11 is 3.35. The average molecular weight is 417 g/mol. The van der Waals surface area contributed by atoms with E-state index in [0.717, 1.165) is 57.2 Å². The van der Waals surface area contributed by atoms with Gasteiger partial charge in [-0.25, -0.2) is 0 Å². The van der Waals surface area contributed by atoms with Gasteiger partial charge >= 0.3 is 0 Å². The van der Waals surface area contributed by atoms with Gasteiger partial charge in [0, 0.05) is 32.1 Å². The normalized spacial score (nSPS) is 18.1. The first-order valence-corrected chi connectivity index (χ1v) is 8.68. The number of piperidine rings is 1. The van der Waals surface area contributed by atoms with Crippen molar-refractivity contribution in [3.05, 3.63) is 34.2 Å². The molecule has 0 aliphatic carbocycles. The number of nitrogens with zero attached hydrogens (tertiary/aromatic N) is 4. The number of rotatable bonds is 2. The van der Waals surface area contributed by atoms with Crippen LogP contribution < -0.4 is 5.32 Å². The summed E-state index contributed by atoms with van der Waals surface area (Å²) in [6.45, 7) is 4.11. The third kappa shape index (κ3) is 3.10. The van der Waals surface area contributed by atoms with Crippen molar-refractivity contribution in [3.8, 4) is 0 Å². The summed E-state index contributed by atoms with van der Waals surface area (Å²) in [6.07, 6.45) is 3.35. The molecule has 4 rings (SSSR count). The molecule has 2 aliphatic rings. The zero-order valence-corrected chi connectivity index (χ0v) is 15.5. The maximum atomic E-state index is 12.5. The zero-order valence-electron chi connectivity index (χ0n) is 13.1. The number of hydrogen-bond acceptors (Lipinski definition) is 5. The quantitative estimate of drug-likeness (QED) is 0.812. The Morgan fingerprint density at radius 3 is 2.79 bits per heavy atom. The van der Waals surface area contributed by atoms with Gasteiger partial charge in [-0.15, -0.1) is 22.6 Å². The summed E-state index contributed by atoms with van der Waals surface area (Å²) in [5.41, 5.74) is 0. The summed E-state index contributed by atoms with van der Waals surface area (Å²) in [7, 11) is 0. The lowest BCUT2D eigenvalue weighted by molar-refractivity contribution is 0.0676. The van der Waals surface area contributed by atoms with E-state index >= 15 is 0 Å². The molecule has 0 bridgehead atoms. The van der Waals surface area contributed by atoms with Crippen LogP contribution in [-0.2, 0) is 13.1 Å². The van der Waals surface area contributed by atoms with Gasteiger partial charge in [-0.3, -0.25) is 4.79 Å². The monoisotopic (exact) mass is 415 g/mol. The fraction of sp³-hybridized carbons (Fsp3) is 0.533. The van der Waals surface area contributed by atoms with Crippen LogP contribution in [0.1, 0.15) is 41.0 Å². The minimum absolute atomic E-state index is 0. The molecule has 1 fully saturated rings. The number of amides is 1. The predicted molar refractivity (Wildman–Crippen MR) is 93.3 cm³/mol. The van der Waals surface area contributed by atoms with Crippen molar-refractivity contribution < 1.29 is 9.21 Å². The van der Waals surface area contributed by atoms with Gasteiger partial charge < -0.3 is 19.2 Å². The number of hydrogen-bond donors (Lipinski definition) is 1. The van der Waals surface area contributed by atoms with E-state index in [1.807, 2.05) is 4.90 Å². The number of fused-ring (bicyclic) bond motifs is 1. The van der Waals surface area contributed by atoms with E-state index in [0.29, 0.717) is 16.2 Å². The highest BCUT2D eigenvalue weighted by Crippen LogP contribution is 2.29. The Bertz CT molecular complexity index is 723. The van der Waals surface area contributed by atoms with Crippen LogP contribution in [0.5, 0.6) is 0 Å². The molecule has 9 heteroatoms. The first-order valence-electron chi connectivity index (χ1n) is 7.89. The summed E-state index contributed by atoms with van der Waals surface area (Å²) < 4.78 is 8.23. The number of carbonyl (C=O) groups is 1. The average Bonchev–Trinajstić information content (AvgIpc) is 3.20. The van der Waals surface area contributed by atoms with Gasteiger partial charge in [-0.05, 0) is 34.8 Å². The Morgan fingerprint density at radius 1 is 1.29 bits per heavy atom. The van der Waals surface area contributed by atoms with Crippen LogP contribution in [0.3, 0.4) is 0 Å². The molecule has 2 aromatic heterocycles. The first-order chi connectivity index (χ1) is 11.2. The van der Waals surface area contributed by atoms with Crippen molar-refractivity contribution >= 4 is 34.2 Å². The lowest BCUT2D eigenvalue weighted by Crippen LogP contribution is -2.38. The van der Waals surface area contributed by atoms with Crippen LogP contribution >= 0.6 is 28.3 Å². The Balaban J connectivity index is 0.00000169. The molecule has 2 aliphatic heterocycles. The number of carbonyl (C=O) groups excluding carboxylic acids is 1. The molecule has 1 N–H and O–H groups in total. The van der Waals surface area contributed by atoms with Crippen LogP contribution in [0.25, 0.3) is 0 Å². The third-order valence-electron chi connectivity index (χ3n) is 4.61. The van der Waals surface area contributed by atoms with Crippen molar-refractivity contribution in [2.45, 2.75) is 31.8 Å². The number of nitrogens with one attached hydrogen (secondary N) is 1. The number of aromatic nitrogens is 3. The lowest BCUT2D eigenvalue weighted by Gasteiger charge is -2.31. The second-order valence-electron chi connectivity index (χ2n) is 5.97. The van der Waals surface area contributed by atoms with Crippen molar-refractivity contribution in [1.29, 1.82) is 0 Å². The van der Waals surface area contributed by atoms with Gasteiger partial charge in [0.15, 0.2) is 0 Å². The topological polar surface area (TPSA) is 76.2 Å². The fourth-order valence-corrected chi connectivity index (χ4v) is 3.72. The van der Waals surface area contributed by atoms with Gasteiger partial charge in [0.25, 0.3) is 5.91 Å². The molecule has 0 spiro atoms. The minimum Gasteiger partial charge on any atom is -0.458 e. The SMILES string of the molecule is Cl.O=C(c1occc1Br)N1CCC(c2nnc3n2CCNC3)CC1. The zero-order chi connectivity index (χ0) is 15.8. The largest absolute Gasteiger partial charge is 0.458 e. The highest BCUT2D eigenvalue weighted by Gasteiger charge is 2.30. The van der Waals surface area contributed by atoms with Crippen molar-refractivity contribution in [3.63, 3.8) is 0 Å². The molecule has 1 amide bonds. The Kier molecular flexibility index (Phi) is 5.27. The van der Waals surface area contributed by atoms with E-state index in [1.54, 1.807) is 6.07 Å². The van der Waals surface area contributed by atoms with E-state index in [9.17, 15) is 4.79 Å². The molecule has 0 radical (unpaired) electrons. The highest BCUT2D eigenvalue weighted by atomic mass is 79.9. The van der Waals surface area contributed by atoms with Gasteiger partial charge in [0.1, 0.15) is 11.6 Å². The van der Waals surface area contributed by atoms with Crippen LogP contribution in [-0.4, -0.2) is 45.2 Å². The highest BCUT2D eigenvalue weighted by molar-refractivity contribution is 9.10. The summed E-state index contributed by atoms with van der Waals surface area (Å²) in [5.74, 6) is 2.80. The standard InChI is InChI=1S/C15H18BrN5O2.ClH/c16-11-3-8-23-13(11)15(22)20-5-1-10(2-6-20)14-19-18-12-9-17-4-7-21(12)14;/h3,8,10,17H,1-2,4-7,9H2;1H. The maximum absolute atomic E-state index is 12.5. The van der Waals surface area contributed by atoms with Crippen molar-refractivity contribution in [2.24, 2.45) is 0 Å². The molecule has 2 aromatic rings. The molecule has 0 aromatic carbocycles. The number of halogens is 2. The maximum Gasteiger partial charge on any atom is 0.290 e. The van der Waals surface area contributed by atoms with Crippen LogP contribution in [0.4, 0.5) is 0 Å². The molecule has 24 heavy (non-hydrogen) atoms. The Hall–Kier alpha value is -1.38. The Labute approximate surface area is 154 Å². The second-order valence-corrected chi connectivity index (χ2v) is 6.82. The van der Waals surface area contributed by atoms with Crippen molar-refractivity contribution in [2.75, 3.05) is 19.6 Å². The first kappa shape index (κ1) is 17.4.